The molecular weight excluding hydrogens is 567 g/mol. The van der Waals surface area contributed by atoms with E-state index in [4.69, 9.17) is 4.74 Å². The van der Waals surface area contributed by atoms with Crippen LogP contribution in [-0.4, -0.2) is 61.9 Å². The van der Waals surface area contributed by atoms with Gasteiger partial charge in [0.1, 0.15) is 0 Å². The van der Waals surface area contributed by atoms with Crippen LogP contribution in [0.1, 0.15) is 32.8 Å². The fourth-order valence-corrected chi connectivity index (χ4v) is 3.45. The van der Waals surface area contributed by atoms with Crippen LogP contribution in [0.25, 0.3) is 0 Å². The maximum Gasteiger partial charge on any atom is 0.460 e. The summed E-state index contributed by atoms with van der Waals surface area (Å²) in [4.78, 5) is 1.62. The molecule has 0 amide bonds. The highest BCUT2D eigenvalue weighted by Crippen LogP contribution is 2.63. The van der Waals surface area contributed by atoms with E-state index in [1.165, 1.54) is 12.1 Å². The summed E-state index contributed by atoms with van der Waals surface area (Å²) in [6.45, 7) is 4.65. The highest BCUT2D eigenvalue weighted by Gasteiger charge is 2.93. The molecule has 0 bridgehead atoms. The average molecular weight is 589 g/mol. The Hall–Kier alpha value is -2.07. The molecule has 0 aromatic heterocycles. The summed E-state index contributed by atoms with van der Waals surface area (Å²) in [6, 6.07) is 4.72. The van der Waals surface area contributed by atoms with Crippen LogP contribution in [0.2, 0.25) is 0 Å². The standard InChI is InChI=1S/C21H22F15NO/c1-5-37(6-2)13-9-7-8-12(10-13)14(3,38-4)11-15(22,23)16(24,25)17(26,27)18(28,29)19(30,31)20(32,33)21(34,35)36/h7-10H,5-6,11H2,1-4H3. The van der Waals surface area contributed by atoms with Crippen molar-refractivity contribution in [2.75, 3.05) is 25.1 Å². The van der Waals surface area contributed by atoms with Gasteiger partial charge in [0.25, 0.3) is 0 Å². The minimum Gasteiger partial charge on any atom is -0.374 e. The molecule has 0 spiro atoms. The van der Waals surface area contributed by atoms with Crippen molar-refractivity contribution < 1.29 is 70.6 Å². The second-order valence-corrected chi connectivity index (χ2v) is 8.41. The van der Waals surface area contributed by atoms with Gasteiger partial charge in [-0.3, -0.25) is 0 Å². The molecule has 0 radical (unpaired) electrons. The number of ether oxygens (including phenoxy) is 1. The lowest BCUT2D eigenvalue weighted by molar-refractivity contribution is -0.453. The van der Waals surface area contributed by atoms with Crippen LogP contribution in [0.5, 0.6) is 0 Å². The molecule has 1 aromatic carbocycles. The molecule has 0 aliphatic rings. The molecule has 38 heavy (non-hydrogen) atoms. The summed E-state index contributed by atoms with van der Waals surface area (Å²) in [5.74, 6) is -46.8. The van der Waals surface area contributed by atoms with Gasteiger partial charge < -0.3 is 9.64 Å². The van der Waals surface area contributed by atoms with Crippen molar-refractivity contribution in [3.8, 4) is 0 Å². The Morgan fingerprint density at radius 1 is 0.658 bits per heavy atom. The van der Waals surface area contributed by atoms with Crippen LogP contribution in [0, 0.1) is 0 Å². The van der Waals surface area contributed by atoms with Crippen molar-refractivity contribution >= 4 is 5.69 Å². The van der Waals surface area contributed by atoms with Crippen molar-refractivity contribution in [1.29, 1.82) is 0 Å². The number of methoxy groups -OCH3 is 1. The number of rotatable bonds is 12. The Morgan fingerprint density at radius 3 is 1.47 bits per heavy atom. The molecule has 17 heteroatoms. The van der Waals surface area contributed by atoms with E-state index in [0.717, 1.165) is 12.1 Å². The fraction of sp³-hybridized carbons (Fsp3) is 0.714. The summed E-state index contributed by atoms with van der Waals surface area (Å²) in [6.07, 6.45) is -10.3. The number of hydrogen-bond acceptors (Lipinski definition) is 2. The van der Waals surface area contributed by atoms with Gasteiger partial charge in [0.15, 0.2) is 0 Å². The van der Waals surface area contributed by atoms with Crippen LogP contribution < -0.4 is 4.90 Å². The van der Waals surface area contributed by atoms with Crippen molar-refractivity contribution in [2.45, 2.75) is 74.5 Å². The first-order valence-electron chi connectivity index (χ1n) is 10.5. The largest absolute Gasteiger partial charge is 0.460 e. The number of benzene rings is 1. The van der Waals surface area contributed by atoms with Crippen LogP contribution in [0.4, 0.5) is 71.5 Å². The molecule has 2 nitrogen and oxygen atoms in total. The zero-order chi connectivity index (χ0) is 30.4. The summed E-state index contributed by atoms with van der Waals surface area (Å²) in [5, 5.41) is 0. The normalized spacial score (nSPS) is 16.4. The number of hydrogen-bond donors (Lipinski definition) is 0. The van der Waals surface area contributed by atoms with E-state index in [1.54, 1.807) is 18.7 Å². The SMILES string of the molecule is CCN(CC)c1cccc(C(C)(CC(F)(F)C(F)(F)C(F)(F)C(F)(F)C(F)(F)C(F)(F)C(F)(F)F)OC)c1. The van der Waals surface area contributed by atoms with Crippen LogP contribution in [-0.2, 0) is 10.3 Å². The Bertz CT molecular complexity index is 956. The zero-order valence-corrected chi connectivity index (χ0v) is 20.0. The second-order valence-electron chi connectivity index (χ2n) is 8.41. The van der Waals surface area contributed by atoms with Gasteiger partial charge >= 0.3 is 41.7 Å². The van der Waals surface area contributed by atoms with Gasteiger partial charge in [-0.1, -0.05) is 12.1 Å². The first-order chi connectivity index (χ1) is 16.8. The first kappa shape index (κ1) is 34.0. The molecule has 0 aliphatic heterocycles. The molecule has 0 aliphatic carbocycles. The van der Waals surface area contributed by atoms with Crippen LogP contribution in [0.15, 0.2) is 24.3 Å². The fourth-order valence-electron chi connectivity index (χ4n) is 3.45. The number of nitrogens with zero attached hydrogens (tertiary/aromatic N) is 1. The van der Waals surface area contributed by atoms with Gasteiger partial charge in [-0.05, 0) is 38.5 Å². The highest BCUT2D eigenvalue weighted by atomic mass is 19.4. The smallest absolute Gasteiger partial charge is 0.374 e. The molecule has 222 valence electrons. The molecular formula is C21H22F15NO. The van der Waals surface area contributed by atoms with Gasteiger partial charge in [0.2, 0.25) is 0 Å². The van der Waals surface area contributed by atoms with E-state index < -0.39 is 59.3 Å². The number of anilines is 1. The van der Waals surface area contributed by atoms with Crippen molar-refractivity contribution in [1.82, 2.24) is 0 Å². The quantitative estimate of drug-likeness (QED) is 0.228. The zero-order valence-electron chi connectivity index (χ0n) is 20.0. The predicted molar refractivity (Wildman–Crippen MR) is 105 cm³/mol. The predicted octanol–water partition coefficient (Wildman–Crippen LogP) is 8.16. The van der Waals surface area contributed by atoms with E-state index in [-0.39, 0.29) is 5.69 Å². The lowest BCUT2D eigenvalue weighted by Gasteiger charge is -2.43. The Kier molecular flexibility index (Phi) is 9.07. The Labute approximate surface area is 206 Å². The minimum absolute atomic E-state index is 0.289. The summed E-state index contributed by atoms with van der Waals surface area (Å²) in [5.41, 5.74) is -2.82. The number of halogens is 15. The maximum absolute atomic E-state index is 14.6. The van der Waals surface area contributed by atoms with E-state index in [1.807, 2.05) is 0 Å². The molecule has 1 rings (SSSR count). The Morgan fingerprint density at radius 2 is 1.08 bits per heavy atom. The second kappa shape index (κ2) is 10.2. The molecule has 0 saturated carbocycles. The first-order valence-corrected chi connectivity index (χ1v) is 10.5. The van der Waals surface area contributed by atoms with Gasteiger partial charge in [-0.2, -0.15) is 65.9 Å². The van der Waals surface area contributed by atoms with Gasteiger partial charge in [-0.25, -0.2) is 0 Å². The highest BCUT2D eigenvalue weighted by molar-refractivity contribution is 5.49. The molecule has 0 N–H and O–H groups in total. The minimum atomic E-state index is -8.32. The monoisotopic (exact) mass is 589 g/mol. The van der Waals surface area contributed by atoms with Crippen molar-refractivity contribution in [3.05, 3.63) is 29.8 Å². The molecule has 1 unspecified atom stereocenters. The lowest BCUT2D eigenvalue weighted by atomic mass is 9.83. The topological polar surface area (TPSA) is 12.5 Å². The van der Waals surface area contributed by atoms with Crippen molar-refractivity contribution in [3.63, 3.8) is 0 Å². The van der Waals surface area contributed by atoms with E-state index in [2.05, 4.69) is 0 Å². The molecule has 0 saturated heterocycles. The summed E-state index contributed by atoms with van der Waals surface area (Å²) < 4.78 is 208. The van der Waals surface area contributed by atoms with Gasteiger partial charge in [0.05, 0.1) is 12.0 Å². The van der Waals surface area contributed by atoms with E-state index >= 15 is 0 Å². The third kappa shape index (κ3) is 5.10. The van der Waals surface area contributed by atoms with E-state index in [9.17, 15) is 65.9 Å². The summed E-state index contributed by atoms with van der Waals surface area (Å²) >= 11 is 0. The summed E-state index contributed by atoms with van der Waals surface area (Å²) in [7, 11) is 0.628. The molecule has 0 heterocycles. The molecule has 0 fully saturated rings. The van der Waals surface area contributed by atoms with Crippen LogP contribution >= 0.6 is 0 Å². The third-order valence-electron chi connectivity index (χ3n) is 5.99. The molecule has 1 aromatic rings. The maximum atomic E-state index is 14.6. The average Bonchev–Trinajstić information content (AvgIpc) is 2.78. The Balaban J connectivity index is 3.62. The number of alkyl halides is 15. The lowest BCUT2D eigenvalue weighted by Crippen LogP contribution is -2.72. The third-order valence-corrected chi connectivity index (χ3v) is 5.99. The van der Waals surface area contributed by atoms with Crippen molar-refractivity contribution in [2.24, 2.45) is 0 Å². The van der Waals surface area contributed by atoms with Crippen LogP contribution in [0.3, 0.4) is 0 Å². The van der Waals surface area contributed by atoms with Gasteiger partial charge in [-0.15, -0.1) is 0 Å². The van der Waals surface area contributed by atoms with Gasteiger partial charge in [0, 0.05) is 25.9 Å². The van der Waals surface area contributed by atoms with E-state index in [0.29, 0.717) is 27.1 Å². The molecule has 1 atom stereocenters.